The summed E-state index contributed by atoms with van der Waals surface area (Å²) in [7, 11) is 0. The SMILES string of the molecule is O=C(CCCCCCCCC(Br)CBr)O[C@H]1[C@H](O[C@]2(CO)O[C@H](CO)[C@@H](O)[C@@H]2O)O[C@H](CO)[C@@H](O)[C@@H]1O. The summed E-state index contributed by atoms with van der Waals surface area (Å²) in [5.74, 6) is -2.97. The average molecular weight is 668 g/mol. The Labute approximate surface area is 233 Å². The Kier molecular flexibility index (Phi) is 14.7. The monoisotopic (exact) mass is 666 g/mol. The zero-order valence-corrected chi connectivity index (χ0v) is 23.8. The third-order valence-corrected chi connectivity index (χ3v) is 9.06. The first-order valence-corrected chi connectivity index (χ1v) is 14.6. The Balaban J connectivity index is 1.94. The van der Waals surface area contributed by atoms with Gasteiger partial charge in [0.2, 0.25) is 12.1 Å². The van der Waals surface area contributed by atoms with Crippen LogP contribution in [0, 0.1) is 0 Å². The highest BCUT2D eigenvalue weighted by molar-refractivity contribution is 9.12. The summed E-state index contributed by atoms with van der Waals surface area (Å²) in [6.07, 6.45) is -6.02. The van der Waals surface area contributed by atoms with Crippen molar-refractivity contribution in [2.24, 2.45) is 0 Å². The van der Waals surface area contributed by atoms with Crippen LogP contribution < -0.4 is 0 Å². The van der Waals surface area contributed by atoms with Gasteiger partial charge in [0, 0.05) is 16.6 Å². The van der Waals surface area contributed by atoms with E-state index in [1.165, 1.54) is 0 Å². The molecule has 2 heterocycles. The number of aliphatic hydroxyl groups is 7. The summed E-state index contributed by atoms with van der Waals surface area (Å²) in [6.45, 7) is -2.40. The number of carbonyl (C=O) groups excluding carboxylic acids is 1. The van der Waals surface area contributed by atoms with Crippen molar-refractivity contribution >= 4 is 37.8 Å². The maximum absolute atomic E-state index is 12.5. The van der Waals surface area contributed by atoms with Crippen LogP contribution in [0.5, 0.6) is 0 Å². The number of hydrogen-bond donors (Lipinski definition) is 7. The van der Waals surface area contributed by atoms with Crippen LogP contribution in [0.15, 0.2) is 0 Å². The maximum Gasteiger partial charge on any atom is 0.306 e. The molecule has 218 valence electrons. The predicted octanol–water partition coefficient (Wildman–Crippen LogP) is -0.565. The Hall–Kier alpha value is 0.0300. The van der Waals surface area contributed by atoms with Gasteiger partial charge >= 0.3 is 5.97 Å². The van der Waals surface area contributed by atoms with Gasteiger partial charge in [-0.05, 0) is 12.8 Å². The number of carbonyl (C=O) groups is 1. The highest BCUT2D eigenvalue weighted by Gasteiger charge is 2.59. The summed E-state index contributed by atoms with van der Waals surface area (Å²) in [4.78, 5) is 13.0. The topological polar surface area (TPSA) is 196 Å². The standard InChI is InChI=1S/C23H40Br2O12/c24-9-13(25)7-5-3-1-2-4-6-8-16(29)35-20-19(32)17(30)14(10-26)34-22(20)37-23(12-28)21(33)18(31)15(11-27)36-23/h13-15,17-22,26-28,30-33H,1-12H2/t13?,14-,15-,17-,18-,19+,20-,21+,22+,23+/m1/s1. The molecule has 0 aliphatic carbocycles. The van der Waals surface area contributed by atoms with Crippen LogP contribution in [0.3, 0.4) is 0 Å². The minimum absolute atomic E-state index is 0.0398. The summed E-state index contributed by atoms with van der Waals surface area (Å²) < 4.78 is 21.8. The van der Waals surface area contributed by atoms with E-state index in [9.17, 15) is 40.5 Å². The van der Waals surface area contributed by atoms with Crippen molar-refractivity contribution in [2.45, 2.75) is 111 Å². The average Bonchev–Trinajstić information content (AvgIpc) is 3.14. The molecule has 7 N–H and O–H groups in total. The van der Waals surface area contributed by atoms with Crippen molar-refractivity contribution in [3.05, 3.63) is 0 Å². The normalized spacial score (nSPS) is 37.0. The van der Waals surface area contributed by atoms with Crippen LogP contribution in [0.25, 0.3) is 0 Å². The summed E-state index contributed by atoms with van der Waals surface area (Å²) in [6, 6.07) is 0. The van der Waals surface area contributed by atoms with Gasteiger partial charge in [0.1, 0.15) is 43.2 Å². The zero-order valence-electron chi connectivity index (χ0n) is 20.6. The van der Waals surface area contributed by atoms with Gasteiger partial charge in [-0.15, -0.1) is 0 Å². The molecular formula is C23H40Br2O12. The number of aliphatic hydroxyl groups excluding tert-OH is 7. The first-order chi connectivity index (χ1) is 17.6. The first-order valence-electron chi connectivity index (χ1n) is 12.6. The van der Waals surface area contributed by atoms with Crippen molar-refractivity contribution in [1.29, 1.82) is 0 Å². The lowest BCUT2D eigenvalue weighted by atomic mass is 9.98. The molecular weight excluding hydrogens is 628 g/mol. The van der Waals surface area contributed by atoms with Crippen molar-refractivity contribution in [1.82, 2.24) is 0 Å². The Morgan fingerprint density at radius 1 is 0.892 bits per heavy atom. The molecule has 0 saturated carbocycles. The van der Waals surface area contributed by atoms with Crippen molar-refractivity contribution in [2.75, 3.05) is 25.2 Å². The molecule has 0 aromatic heterocycles. The minimum atomic E-state index is -2.28. The van der Waals surface area contributed by atoms with E-state index in [4.69, 9.17) is 18.9 Å². The van der Waals surface area contributed by atoms with Gasteiger partial charge in [0.15, 0.2) is 6.10 Å². The number of unbranched alkanes of at least 4 members (excludes halogenated alkanes) is 5. The molecule has 1 unspecified atom stereocenters. The number of ether oxygens (including phenoxy) is 4. The van der Waals surface area contributed by atoms with Crippen LogP contribution in [0.4, 0.5) is 0 Å². The molecule has 12 nitrogen and oxygen atoms in total. The minimum Gasteiger partial charge on any atom is -0.454 e. The van der Waals surface area contributed by atoms with Gasteiger partial charge in [-0.1, -0.05) is 64.0 Å². The van der Waals surface area contributed by atoms with Crippen LogP contribution in [0.2, 0.25) is 0 Å². The number of rotatable bonds is 16. The molecule has 2 fully saturated rings. The molecule has 14 heteroatoms. The molecule has 0 spiro atoms. The molecule has 0 radical (unpaired) electrons. The molecule has 2 aliphatic heterocycles. The predicted molar refractivity (Wildman–Crippen MR) is 136 cm³/mol. The second-order valence-corrected chi connectivity index (χ2v) is 11.4. The third kappa shape index (κ3) is 9.02. The summed E-state index contributed by atoms with van der Waals surface area (Å²) >= 11 is 7.00. The van der Waals surface area contributed by atoms with Crippen LogP contribution in [-0.4, -0.2) is 126 Å². The van der Waals surface area contributed by atoms with E-state index < -0.39 is 80.6 Å². The van der Waals surface area contributed by atoms with Crippen LogP contribution >= 0.6 is 31.9 Å². The highest BCUT2D eigenvalue weighted by Crippen LogP contribution is 2.36. The molecule has 2 saturated heterocycles. The van der Waals surface area contributed by atoms with E-state index >= 15 is 0 Å². The number of alkyl halides is 2. The second kappa shape index (κ2) is 16.3. The van der Waals surface area contributed by atoms with Crippen molar-refractivity contribution in [3.8, 4) is 0 Å². The lowest BCUT2D eigenvalue weighted by Gasteiger charge is -2.44. The van der Waals surface area contributed by atoms with Crippen LogP contribution in [-0.2, 0) is 23.7 Å². The molecule has 2 aliphatic rings. The molecule has 0 amide bonds. The number of halogens is 2. The van der Waals surface area contributed by atoms with Gasteiger partial charge < -0.3 is 54.7 Å². The van der Waals surface area contributed by atoms with Gasteiger partial charge in [0.25, 0.3) is 0 Å². The Morgan fingerprint density at radius 2 is 1.51 bits per heavy atom. The quantitative estimate of drug-likeness (QED) is 0.0630. The van der Waals surface area contributed by atoms with Gasteiger partial charge in [-0.25, -0.2) is 0 Å². The maximum atomic E-state index is 12.5. The summed E-state index contributed by atoms with van der Waals surface area (Å²) in [5, 5.41) is 71.1. The van der Waals surface area contributed by atoms with Crippen LogP contribution in [0.1, 0.15) is 51.4 Å². The molecule has 37 heavy (non-hydrogen) atoms. The van der Waals surface area contributed by atoms with E-state index in [1.807, 2.05) is 0 Å². The lowest BCUT2D eigenvalue weighted by molar-refractivity contribution is -0.384. The third-order valence-electron chi connectivity index (χ3n) is 6.63. The first kappa shape index (κ1) is 33.2. The molecule has 0 aromatic carbocycles. The fraction of sp³-hybridized carbons (Fsp3) is 0.957. The van der Waals surface area contributed by atoms with Gasteiger partial charge in [-0.2, -0.15) is 0 Å². The van der Waals surface area contributed by atoms with E-state index in [2.05, 4.69) is 31.9 Å². The van der Waals surface area contributed by atoms with E-state index in [0.717, 1.165) is 43.9 Å². The summed E-state index contributed by atoms with van der Waals surface area (Å²) in [5.41, 5.74) is 0. The fourth-order valence-electron chi connectivity index (χ4n) is 4.37. The van der Waals surface area contributed by atoms with E-state index in [0.29, 0.717) is 11.2 Å². The zero-order chi connectivity index (χ0) is 27.6. The lowest BCUT2D eigenvalue weighted by Crippen LogP contribution is -2.63. The van der Waals surface area contributed by atoms with E-state index in [-0.39, 0.29) is 6.42 Å². The number of esters is 1. The van der Waals surface area contributed by atoms with Crippen molar-refractivity contribution < 1.29 is 59.5 Å². The molecule has 2 rings (SSSR count). The van der Waals surface area contributed by atoms with Gasteiger partial charge in [-0.3, -0.25) is 4.79 Å². The largest absolute Gasteiger partial charge is 0.454 e. The van der Waals surface area contributed by atoms with Gasteiger partial charge in [0.05, 0.1) is 13.2 Å². The number of hydrogen-bond acceptors (Lipinski definition) is 12. The van der Waals surface area contributed by atoms with Crippen molar-refractivity contribution in [3.63, 3.8) is 0 Å². The molecule has 0 bridgehead atoms. The molecule has 10 atom stereocenters. The fourth-order valence-corrected chi connectivity index (χ4v) is 5.02. The molecule has 0 aromatic rings. The Morgan fingerprint density at radius 3 is 2.08 bits per heavy atom. The highest BCUT2D eigenvalue weighted by atomic mass is 79.9. The second-order valence-electron chi connectivity index (χ2n) is 9.43. The van der Waals surface area contributed by atoms with E-state index in [1.54, 1.807) is 0 Å². The smallest absolute Gasteiger partial charge is 0.306 e. The Bertz CT molecular complexity index is 676.